The van der Waals surface area contributed by atoms with E-state index >= 15 is 0 Å². The van der Waals surface area contributed by atoms with Gasteiger partial charge in [0.15, 0.2) is 5.82 Å². The van der Waals surface area contributed by atoms with Crippen molar-refractivity contribution in [2.75, 3.05) is 42.9 Å². The third kappa shape index (κ3) is 6.72. The number of hydrogen-bond donors (Lipinski definition) is 2. The Hall–Kier alpha value is -2.97. The normalized spacial score (nSPS) is 16.4. The van der Waals surface area contributed by atoms with Gasteiger partial charge >= 0.3 is 6.03 Å². The zero-order valence-corrected chi connectivity index (χ0v) is 23.7. The SMILES string of the molecule is Cc1ccc2c(c1)N(C(=O)NCCN1CCC(CCCN(C(C)C)C(C)C)CC1)c1ncccc1NC2=O. The molecule has 1 aromatic carbocycles. The molecule has 1 saturated heterocycles. The van der Waals surface area contributed by atoms with Gasteiger partial charge in [0.2, 0.25) is 0 Å². The monoisotopic (exact) mass is 520 g/mol. The summed E-state index contributed by atoms with van der Waals surface area (Å²) in [6.45, 7) is 15.8. The van der Waals surface area contributed by atoms with Crippen molar-refractivity contribution in [3.05, 3.63) is 47.7 Å². The molecule has 206 valence electrons. The third-order valence-corrected chi connectivity index (χ3v) is 7.86. The second-order valence-electron chi connectivity index (χ2n) is 11.3. The van der Waals surface area contributed by atoms with Crippen LogP contribution in [0.3, 0.4) is 0 Å². The number of nitrogens with one attached hydrogen (secondary N) is 2. The number of rotatable bonds is 9. The van der Waals surface area contributed by atoms with Crippen LogP contribution >= 0.6 is 0 Å². The number of amides is 3. The fraction of sp³-hybridized carbons (Fsp3) is 0.567. The molecular formula is C30H44N6O2. The quantitative estimate of drug-likeness (QED) is 0.462. The molecule has 2 aliphatic heterocycles. The van der Waals surface area contributed by atoms with E-state index < -0.39 is 0 Å². The number of urea groups is 1. The first-order chi connectivity index (χ1) is 18.2. The predicted octanol–water partition coefficient (Wildman–Crippen LogP) is 5.41. The second-order valence-corrected chi connectivity index (χ2v) is 11.3. The minimum atomic E-state index is -0.275. The highest BCUT2D eigenvalue weighted by molar-refractivity contribution is 6.16. The maximum absolute atomic E-state index is 13.5. The van der Waals surface area contributed by atoms with Crippen molar-refractivity contribution in [1.29, 1.82) is 0 Å². The molecule has 8 heteroatoms. The molecule has 3 heterocycles. The number of piperidine rings is 1. The standard InChI is InChI=1S/C30H44N6O2/c1-21(2)35(22(3)4)16-7-8-24-12-17-34(18-13-24)19-15-32-30(38)36-27-20-23(5)10-11-25(27)29(37)33-26-9-6-14-31-28(26)36/h6,9-11,14,20-22,24H,7-8,12-13,15-19H2,1-5H3,(H,32,38)(H,33,37). The molecule has 3 amide bonds. The molecule has 1 fully saturated rings. The van der Waals surface area contributed by atoms with Crippen molar-refractivity contribution in [2.45, 2.75) is 72.4 Å². The minimum Gasteiger partial charge on any atom is -0.336 e. The average Bonchev–Trinajstić information content (AvgIpc) is 3.00. The molecule has 8 nitrogen and oxygen atoms in total. The zero-order valence-electron chi connectivity index (χ0n) is 23.7. The maximum atomic E-state index is 13.5. The molecule has 2 N–H and O–H groups in total. The van der Waals surface area contributed by atoms with Gasteiger partial charge in [-0.1, -0.05) is 6.07 Å². The van der Waals surface area contributed by atoms with Crippen LogP contribution in [0.25, 0.3) is 0 Å². The molecule has 0 bridgehead atoms. The topological polar surface area (TPSA) is 80.8 Å². The van der Waals surface area contributed by atoms with Gasteiger partial charge in [0.05, 0.1) is 16.9 Å². The van der Waals surface area contributed by atoms with Crippen molar-refractivity contribution in [3.8, 4) is 0 Å². The minimum absolute atomic E-state index is 0.242. The van der Waals surface area contributed by atoms with E-state index in [2.05, 4.69) is 53.1 Å². The number of anilines is 3. The second kappa shape index (κ2) is 12.7. The van der Waals surface area contributed by atoms with Crippen LogP contribution in [0.1, 0.15) is 69.3 Å². The van der Waals surface area contributed by atoms with E-state index in [1.807, 2.05) is 19.1 Å². The van der Waals surface area contributed by atoms with Crippen molar-refractivity contribution < 1.29 is 9.59 Å². The molecule has 4 rings (SSSR count). The van der Waals surface area contributed by atoms with Gasteiger partial charge in [-0.25, -0.2) is 14.7 Å². The summed E-state index contributed by atoms with van der Waals surface area (Å²) in [5, 5.41) is 5.98. The molecule has 2 aliphatic rings. The summed E-state index contributed by atoms with van der Waals surface area (Å²) in [5.41, 5.74) is 2.49. The smallest absolute Gasteiger partial charge is 0.327 e. The first-order valence-corrected chi connectivity index (χ1v) is 14.2. The van der Waals surface area contributed by atoms with E-state index in [1.54, 1.807) is 24.4 Å². The lowest BCUT2D eigenvalue weighted by molar-refractivity contribution is 0.102. The van der Waals surface area contributed by atoms with E-state index in [4.69, 9.17) is 0 Å². The molecule has 0 aliphatic carbocycles. The number of pyridine rings is 1. The Morgan fingerprint density at radius 1 is 1.16 bits per heavy atom. The Bertz CT molecular complexity index is 1100. The van der Waals surface area contributed by atoms with Gasteiger partial charge in [-0.3, -0.25) is 9.69 Å². The molecule has 2 aromatic rings. The van der Waals surface area contributed by atoms with Crippen molar-refractivity contribution in [3.63, 3.8) is 0 Å². The van der Waals surface area contributed by atoms with E-state index in [0.717, 1.165) is 31.1 Å². The third-order valence-electron chi connectivity index (χ3n) is 7.86. The fourth-order valence-corrected chi connectivity index (χ4v) is 5.77. The Morgan fingerprint density at radius 2 is 1.89 bits per heavy atom. The molecule has 38 heavy (non-hydrogen) atoms. The highest BCUT2D eigenvalue weighted by Crippen LogP contribution is 2.36. The van der Waals surface area contributed by atoms with Crippen LogP contribution in [0.5, 0.6) is 0 Å². The number of carbonyl (C=O) groups excluding carboxylic acids is 2. The number of carbonyl (C=O) groups is 2. The van der Waals surface area contributed by atoms with Crippen LogP contribution in [-0.2, 0) is 0 Å². The summed E-state index contributed by atoms with van der Waals surface area (Å²) in [6.07, 6.45) is 6.65. The van der Waals surface area contributed by atoms with Crippen LogP contribution < -0.4 is 15.5 Å². The van der Waals surface area contributed by atoms with Gasteiger partial charge in [-0.2, -0.15) is 0 Å². The van der Waals surface area contributed by atoms with Crippen LogP contribution in [-0.4, -0.2) is 71.5 Å². The van der Waals surface area contributed by atoms with Gasteiger partial charge in [0.25, 0.3) is 5.91 Å². The number of aromatic nitrogens is 1. The van der Waals surface area contributed by atoms with Crippen LogP contribution in [0.15, 0.2) is 36.5 Å². The molecule has 1 aromatic heterocycles. The largest absolute Gasteiger partial charge is 0.336 e. The van der Waals surface area contributed by atoms with Crippen molar-refractivity contribution >= 4 is 29.1 Å². The molecule has 0 unspecified atom stereocenters. The van der Waals surface area contributed by atoms with Gasteiger partial charge < -0.3 is 15.5 Å². The first-order valence-electron chi connectivity index (χ1n) is 14.2. The number of aryl methyl sites for hydroxylation is 1. The maximum Gasteiger partial charge on any atom is 0.327 e. The first kappa shape index (κ1) is 28.0. The van der Waals surface area contributed by atoms with E-state index in [1.165, 1.54) is 37.1 Å². The van der Waals surface area contributed by atoms with E-state index in [-0.39, 0.29) is 11.9 Å². The summed E-state index contributed by atoms with van der Waals surface area (Å²) < 4.78 is 0. The van der Waals surface area contributed by atoms with Gasteiger partial charge in [-0.15, -0.1) is 0 Å². The Balaban J connectivity index is 1.29. The zero-order chi connectivity index (χ0) is 27.2. The molecule has 0 atom stereocenters. The summed E-state index contributed by atoms with van der Waals surface area (Å²) in [6, 6.07) is 9.95. The van der Waals surface area contributed by atoms with E-state index in [0.29, 0.717) is 41.4 Å². The van der Waals surface area contributed by atoms with Gasteiger partial charge in [0.1, 0.15) is 0 Å². The summed E-state index contributed by atoms with van der Waals surface area (Å²) >= 11 is 0. The predicted molar refractivity (Wildman–Crippen MR) is 154 cm³/mol. The highest BCUT2D eigenvalue weighted by atomic mass is 16.2. The summed E-state index contributed by atoms with van der Waals surface area (Å²) in [7, 11) is 0. The van der Waals surface area contributed by atoms with Crippen LogP contribution in [0, 0.1) is 12.8 Å². The molecular weight excluding hydrogens is 476 g/mol. The van der Waals surface area contributed by atoms with Gasteiger partial charge in [0, 0.05) is 31.4 Å². The number of hydrogen-bond acceptors (Lipinski definition) is 5. The number of fused-ring (bicyclic) bond motifs is 2. The van der Waals surface area contributed by atoms with Crippen LogP contribution in [0.2, 0.25) is 0 Å². The summed E-state index contributed by atoms with van der Waals surface area (Å²) in [5.74, 6) is 0.983. The average molecular weight is 521 g/mol. The fourth-order valence-electron chi connectivity index (χ4n) is 5.77. The lowest BCUT2D eigenvalue weighted by Gasteiger charge is -2.34. The summed E-state index contributed by atoms with van der Waals surface area (Å²) in [4.78, 5) is 37.3. The Morgan fingerprint density at radius 3 is 2.61 bits per heavy atom. The lowest BCUT2D eigenvalue weighted by atomic mass is 9.92. The number of benzene rings is 1. The van der Waals surface area contributed by atoms with Crippen molar-refractivity contribution in [1.82, 2.24) is 20.1 Å². The Labute approximate surface area is 227 Å². The Kier molecular flexibility index (Phi) is 9.39. The molecule has 0 radical (unpaired) electrons. The van der Waals surface area contributed by atoms with Crippen molar-refractivity contribution in [2.24, 2.45) is 5.92 Å². The van der Waals surface area contributed by atoms with Gasteiger partial charge in [-0.05, 0) is 116 Å². The molecule has 0 spiro atoms. The lowest BCUT2D eigenvalue weighted by Crippen LogP contribution is -2.43. The molecule has 0 saturated carbocycles. The highest BCUT2D eigenvalue weighted by Gasteiger charge is 2.30. The van der Waals surface area contributed by atoms with Crippen LogP contribution in [0.4, 0.5) is 22.0 Å². The van der Waals surface area contributed by atoms with E-state index in [9.17, 15) is 9.59 Å². The number of nitrogens with zero attached hydrogens (tertiary/aromatic N) is 4. The number of likely N-dealkylation sites (tertiary alicyclic amines) is 1.